The van der Waals surface area contributed by atoms with Gasteiger partial charge in [0, 0.05) is 12.2 Å². The molecule has 0 unspecified atom stereocenters. The summed E-state index contributed by atoms with van der Waals surface area (Å²) in [5.74, 6) is -1.15. The van der Waals surface area contributed by atoms with E-state index in [2.05, 4.69) is 16.0 Å². The molecule has 0 aliphatic carbocycles. The number of benzene rings is 1. The zero-order chi connectivity index (χ0) is 25.9. The molecule has 0 fully saturated rings. The molecule has 0 radical (unpaired) electrons. The minimum absolute atomic E-state index is 0.0802. The Morgan fingerprint density at radius 3 is 2.15 bits per heavy atom. The summed E-state index contributed by atoms with van der Waals surface area (Å²) in [4.78, 5) is 48.0. The van der Waals surface area contributed by atoms with Crippen LogP contribution in [0.5, 0.6) is 0 Å². The molecule has 0 aliphatic heterocycles. The number of carbonyl (C=O) groups excluding carboxylic acids is 4. The Morgan fingerprint density at radius 2 is 1.62 bits per heavy atom. The summed E-state index contributed by atoms with van der Waals surface area (Å²) in [6.07, 6.45) is 1.54. The Balaban J connectivity index is 2.74. The molecule has 0 heterocycles. The number of nitrogens with one attached hydrogen (secondary N) is 3. The maximum Gasteiger partial charge on any atom is 0.312 e. The number of carbonyl (C=O) groups is 4. The van der Waals surface area contributed by atoms with Crippen molar-refractivity contribution < 1.29 is 23.9 Å². The number of hydrogen-bond acceptors (Lipinski definition) is 6. The molecular formula is C24H39N5O5. The van der Waals surface area contributed by atoms with Gasteiger partial charge in [-0.15, -0.1) is 0 Å². The normalized spacial score (nSPS) is 13.0. The highest BCUT2D eigenvalue weighted by atomic mass is 16.5. The fraction of sp³-hybridized carbons (Fsp3) is 0.583. The van der Waals surface area contributed by atoms with Crippen LogP contribution in [0.15, 0.2) is 24.3 Å². The Morgan fingerprint density at radius 1 is 1.00 bits per heavy atom. The van der Waals surface area contributed by atoms with Gasteiger partial charge in [-0.3, -0.25) is 14.4 Å². The zero-order valence-electron chi connectivity index (χ0n) is 20.8. The molecule has 7 N–H and O–H groups in total. The van der Waals surface area contributed by atoms with Crippen LogP contribution in [0.3, 0.4) is 0 Å². The van der Waals surface area contributed by atoms with Gasteiger partial charge in [0.05, 0.1) is 11.5 Å². The Kier molecular flexibility index (Phi) is 11.5. The Labute approximate surface area is 201 Å². The predicted octanol–water partition coefficient (Wildman–Crippen LogP) is 2.02. The van der Waals surface area contributed by atoms with Gasteiger partial charge in [0.1, 0.15) is 12.6 Å². The van der Waals surface area contributed by atoms with E-state index < -0.39 is 29.4 Å². The van der Waals surface area contributed by atoms with Crippen LogP contribution in [-0.2, 0) is 25.7 Å². The first-order valence-electron chi connectivity index (χ1n) is 11.5. The molecule has 0 aromatic heterocycles. The molecule has 0 saturated heterocycles. The van der Waals surface area contributed by atoms with Crippen molar-refractivity contribution in [2.45, 2.75) is 72.6 Å². The number of ether oxygens (including phenoxy) is 1. The third-order valence-corrected chi connectivity index (χ3v) is 5.08. The number of primary amides is 1. The largest absolute Gasteiger partial charge is 0.460 e. The van der Waals surface area contributed by atoms with Crippen molar-refractivity contribution in [3.8, 4) is 0 Å². The lowest BCUT2D eigenvalue weighted by atomic mass is 9.97. The molecule has 0 saturated carbocycles. The van der Waals surface area contributed by atoms with Crippen LogP contribution in [0.4, 0.5) is 10.5 Å². The summed E-state index contributed by atoms with van der Waals surface area (Å²) < 4.78 is 5.30. The van der Waals surface area contributed by atoms with E-state index in [4.69, 9.17) is 16.2 Å². The summed E-state index contributed by atoms with van der Waals surface area (Å²) in [5.41, 5.74) is 11.7. The van der Waals surface area contributed by atoms with E-state index in [1.807, 2.05) is 13.8 Å². The first-order valence-corrected chi connectivity index (χ1v) is 11.5. The lowest BCUT2D eigenvalue weighted by molar-refractivity contribution is -0.154. The van der Waals surface area contributed by atoms with Gasteiger partial charge in [0.15, 0.2) is 0 Å². The van der Waals surface area contributed by atoms with Crippen molar-refractivity contribution in [3.63, 3.8) is 0 Å². The first kappa shape index (κ1) is 28.9. The second kappa shape index (κ2) is 13.5. The van der Waals surface area contributed by atoms with Crippen molar-refractivity contribution in [2.75, 3.05) is 11.9 Å². The molecule has 0 spiro atoms. The molecular weight excluding hydrogens is 438 g/mol. The van der Waals surface area contributed by atoms with Crippen molar-refractivity contribution in [3.05, 3.63) is 29.8 Å². The molecule has 0 aliphatic rings. The smallest absolute Gasteiger partial charge is 0.312 e. The lowest BCUT2D eigenvalue weighted by Crippen LogP contribution is -2.51. The van der Waals surface area contributed by atoms with Gasteiger partial charge >= 0.3 is 12.0 Å². The SMILES string of the molecule is CC(C)[C@H](N)C(=O)N[C@@H](CCCCNC(N)=O)C(=O)Nc1ccc(COC(=O)C(C)(C)C)cc1. The number of anilines is 1. The lowest BCUT2D eigenvalue weighted by Gasteiger charge is -2.22. The number of unbranched alkanes of at least 4 members (excludes halogenated alkanes) is 1. The van der Waals surface area contributed by atoms with Gasteiger partial charge in [-0.05, 0) is 63.6 Å². The minimum atomic E-state index is -0.793. The molecule has 10 nitrogen and oxygen atoms in total. The van der Waals surface area contributed by atoms with Gasteiger partial charge in [-0.25, -0.2) is 4.79 Å². The van der Waals surface area contributed by atoms with Crippen molar-refractivity contribution >= 4 is 29.5 Å². The summed E-state index contributed by atoms with van der Waals surface area (Å²) in [6, 6.07) is 4.77. The van der Waals surface area contributed by atoms with Gasteiger partial charge in [0.2, 0.25) is 11.8 Å². The summed E-state index contributed by atoms with van der Waals surface area (Å²) in [7, 11) is 0. The van der Waals surface area contributed by atoms with E-state index in [0.29, 0.717) is 31.5 Å². The quantitative estimate of drug-likeness (QED) is 0.228. The average molecular weight is 478 g/mol. The maximum atomic E-state index is 12.9. The number of hydrogen-bond donors (Lipinski definition) is 5. The minimum Gasteiger partial charge on any atom is -0.460 e. The molecule has 10 heteroatoms. The van der Waals surface area contributed by atoms with Crippen LogP contribution in [0.25, 0.3) is 0 Å². The summed E-state index contributed by atoms with van der Waals surface area (Å²) in [5, 5.41) is 8.02. The Hall–Kier alpha value is -3.14. The molecule has 2 atom stereocenters. The van der Waals surface area contributed by atoms with Gasteiger partial charge in [-0.1, -0.05) is 26.0 Å². The van der Waals surface area contributed by atoms with Crippen LogP contribution in [-0.4, -0.2) is 42.4 Å². The van der Waals surface area contributed by atoms with E-state index >= 15 is 0 Å². The van der Waals surface area contributed by atoms with Crippen molar-refractivity contribution in [1.29, 1.82) is 0 Å². The number of urea groups is 1. The summed E-state index contributed by atoms with van der Waals surface area (Å²) in [6.45, 7) is 9.52. The molecule has 4 amide bonds. The topological polar surface area (TPSA) is 166 Å². The molecule has 1 rings (SSSR count). The van der Waals surface area contributed by atoms with E-state index in [-0.39, 0.29) is 24.4 Å². The molecule has 190 valence electrons. The summed E-state index contributed by atoms with van der Waals surface area (Å²) >= 11 is 0. The van der Waals surface area contributed by atoms with E-state index in [0.717, 1.165) is 5.56 Å². The maximum absolute atomic E-state index is 12.9. The Bertz CT molecular complexity index is 833. The van der Waals surface area contributed by atoms with Crippen LogP contribution in [0, 0.1) is 11.3 Å². The number of nitrogens with two attached hydrogens (primary N) is 2. The number of amides is 4. The zero-order valence-corrected chi connectivity index (χ0v) is 20.8. The second-order valence-electron chi connectivity index (χ2n) is 9.63. The average Bonchev–Trinajstić information content (AvgIpc) is 2.75. The monoisotopic (exact) mass is 477 g/mol. The van der Waals surface area contributed by atoms with E-state index in [1.54, 1.807) is 45.0 Å². The fourth-order valence-corrected chi connectivity index (χ4v) is 2.80. The highest BCUT2D eigenvalue weighted by Crippen LogP contribution is 2.17. The highest BCUT2D eigenvalue weighted by Gasteiger charge is 2.25. The van der Waals surface area contributed by atoms with Gasteiger partial charge < -0.3 is 32.2 Å². The fourth-order valence-electron chi connectivity index (χ4n) is 2.80. The second-order valence-corrected chi connectivity index (χ2v) is 9.63. The van der Waals surface area contributed by atoms with E-state index in [9.17, 15) is 19.2 Å². The van der Waals surface area contributed by atoms with Gasteiger partial charge in [-0.2, -0.15) is 0 Å². The third-order valence-electron chi connectivity index (χ3n) is 5.08. The van der Waals surface area contributed by atoms with Crippen LogP contribution in [0.1, 0.15) is 59.4 Å². The molecule has 1 aromatic carbocycles. The van der Waals surface area contributed by atoms with Crippen molar-refractivity contribution in [2.24, 2.45) is 22.8 Å². The first-order chi connectivity index (χ1) is 15.8. The standard InChI is InChI=1S/C24H39N5O5/c1-15(2)19(25)21(31)29-18(8-6-7-13-27-23(26)33)20(30)28-17-11-9-16(10-12-17)14-34-22(32)24(3,4)5/h9-12,15,18-19H,6-8,13-14,25H2,1-5H3,(H,28,30)(H,29,31)(H3,26,27,33)/t18-,19-/m0/s1. The van der Waals surface area contributed by atoms with Crippen molar-refractivity contribution in [1.82, 2.24) is 10.6 Å². The predicted molar refractivity (Wildman–Crippen MR) is 131 cm³/mol. The molecule has 34 heavy (non-hydrogen) atoms. The number of esters is 1. The van der Waals surface area contributed by atoms with Crippen LogP contribution < -0.4 is 27.4 Å². The van der Waals surface area contributed by atoms with Crippen LogP contribution >= 0.6 is 0 Å². The van der Waals surface area contributed by atoms with Gasteiger partial charge in [0.25, 0.3) is 0 Å². The number of rotatable bonds is 12. The third kappa shape index (κ3) is 10.7. The van der Waals surface area contributed by atoms with E-state index in [1.165, 1.54) is 0 Å². The molecule has 0 bridgehead atoms. The highest BCUT2D eigenvalue weighted by molar-refractivity contribution is 5.97. The molecule has 1 aromatic rings. The van der Waals surface area contributed by atoms with Crippen LogP contribution in [0.2, 0.25) is 0 Å².